The molecule has 2 aromatic carbocycles. The second-order valence-electron chi connectivity index (χ2n) is 6.95. The van der Waals surface area contributed by atoms with Crippen LogP contribution in [0.1, 0.15) is 44.7 Å². The van der Waals surface area contributed by atoms with Crippen LogP contribution in [-0.4, -0.2) is 37.5 Å². The van der Waals surface area contributed by atoms with Crippen LogP contribution in [0.3, 0.4) is 0 Å². The van der Waals surface area contributed by atoms with E-state index in [-0.39, 0.29) is 18.1 Å². The first-order valence-electron chi connectivity index (χ1n) is 10.9. The number of hydrogen-bond donors (Lipinski definition) is 1. The zero-order valence-electron chi connectivity index (χ0n) is 18.9. The zero-order valence-corrected chi connectivity index (χ0v) is 19.6. The summed E-state index contributed by atoms with van der Waals surface area (Å²) in [6, 6.07) is 10.6. The third-order valence-corrected chi connectivity index (χ3v) is 4.76. The van der Waals surface area contributed by atoms with E-state index < -0.39 is 5.97 Å². The highest BCUT2D eigenvalue weighted by Crippen LogP contribution is 2.30. The number of aromatic hydroxyl groups is 1. The van der Waals surface area contributed by atoms with E-state index in [1.54, 1.807) is 25.1 Å². The van der Waals surface area contributed by atoms with Crippen molar-refractivity contribution in [2.45, 2.75) is 40.0 Å². The second-order valence-corrected chi connectivity index (χ2v) is 7.36. The number of esters is 1. The lowest BCUT2D eigenvalue weighted by atomic mass is 10.1. The van der Waals surface area contributed by atoms with Crippen LogP contribution in [-0.2, 0) is 20.7 Å². The Morgan fingerprint density at radius 2 is 1.72 bits per heavy atom. The highest BCUT2D eigenvalue weighted by atomic mass is 35.5. The molecule has 0 heterocycles. The quantitative estimate of drug-likeness (QED) is 0.176. The molecule has 0 aliphatic rings. The van der Waals surface area contributed by atoms with Gasteiger partial charge in [0, 0.05) is 6.42 Å². The third-order valence-electron chi connectivity index (χ3n) is 4.46. The summed E-state index contributed by atoms with van der Waals surface area (Å²) in [6.07, 6.45) is 4.18. The molecule has 1 N–H and O–H groups in total. The fraction of sp³-hybridized carbons (Fsp3) is 0.400. The second kappa shape index (κ2) is 13.5. The van der Waals surface area contributed by atoms with Crippen LogP contribution < -0.4 is 9.47 Å². The van der Waals surface area contributed by atoms with Gasteiger partial charge in [-0.25, -0.2) is 4.79 Å². The van der Waals surface area contributed by atoms with Crippen molar-refractivity contribution in [1.29, 1.82) is 0 Å². The third kappa shape index (κ3) is 8.00. The van der Waals surface area contributed by atoms with Crippen molar-refractivity contribution >= 4 is 23.6 Å². The van der Waals surface area contributed by atoms with E-state index in [1.807, 2.05) is 31.2 Å². The maximum atomic E-state index is 12.1. The van der Waals surface area contributed by atoms with E-state index in [9.17, 15) is 9.90 Å². The molecule has 0 saturated heterocycles. The molecule has 0 bridgehead atoms. The monoisotopic (exact) mass is 462 g/mol. The predicted molar refractivity (Wildman–Crippen MR) is 125 cm³/mol. The van der Waals surface area contributed by atoms with Crippen molar-refractivity contribution in [3.8, 4) is 17.2 Å². The number of halogens is 1. The van der Waals surface area contributed by atoms with Gasteiger partial charge in [0.25, 0.3) is 0 Å². The van der Waals surface area contributed by atoms with Crippen LogP contribution in [0.5, 0.6) is 17.2 Å². The maximum absolute atomic E-state index is 12.1. The Morgan fingerprint density at radius 1 is 0.969 bits per heavy atom. The normalized spacial score (nSPS) is 11.2. The molecular weight excluding hydrogens is 432 g/mol. The molecule has 7 heteroatoms. The summed E-state index contributed by atoms with van der Waals surface area (Å²) in [7, 11) is 0. The molecule has 174 valence electrons. The number of phenolic OH excluding ortho intramolecular Hbond substituents is 1. The van der Waals surface area contributed by atoms with E-state index in [4.69, 9.17) is 30.5 Å². The van der Waals surface area contributed by atoms with Crippen LogP contribution in [0.15, 0.2) is 42.2 Å². The lowest BCUT2D eigenvalue weighted by Crippen LogP contribution is -2.10. The maximum Gasteiger partial charge on any atom is 0.373 e. The number of rotatable bonds is 13. The summed E-state index contributed by atoms with van der Waals surface area (Å²) >= 11 is 5.97. The van der Waals surface area contributed by atoms with Gasteiger partial charge in [0.05, 0.1) is 31.5 Å². The van der Waals surface area contributed by atoms with Gasteiger partial charge in [0.2, 0.25) is 5.76 Å². The summed E-state index contributed by atoms with van der Waals surface area (Å²) in [4.78, 5) is 12.1. The van der Waals surface area contributed by atoms with E-state index >= 15 is 0 Å². The molecule has 0 aliphatic heterocycles. The summed E-state index contributed by atoms with van der Waals surface area (Å²) in [5.74, 6) is 0.899. The summed E-state index contributed by atoms with van der Waals surface area (Å²) in [5, 5.41) is 9.86. The largest absolute Gasteiger partial charge is 0.506 e. The summed E-state index contributed by atoms with van der Waals surface area (Å²) < 4.78 is 22.4. The van der Waals surface area contributed by atoms with Gasteiger partial charge in [-0.15, -0.1) is 0 Å². The molecule has 32 heavy (non-hydrogen) atoms. The minimum Gasteiger partial charge on any atom is -0.506 e. The molecule has 0 amide bonds. The topological polar surface area (TPSA) is 74.2 Å². The fourth-order valence-electron chi connectivity index (χ4n) is 2.83. The standard InChI is InChI=1S/C25H31ClO6/c1-4-7-13-31-23-16-19(17-24(29-5-2)25(28)30-6-3)9-11-22(23)32-14-12-18-8-10-21(27)20(26)15-18/h8-11,15-17,27H,4-7,12-14H2,1-3H3/b24-17-. The Bertz CT molecular complexity index is 909. The number of carbonyl (C=O) groups is 1. The zero-order chi connectivity index (χ0) is 23.3. The summed E-state index contributed by atoms with van der Waals surface area (Å²) in [6.45, 7) is 7.25. The average Bonchev–Trinajstić information content (AvgIpc) is 2.77. The van der Waals surface area contributed by atoms with Crippen molar-refractivity contribution in [1.82, 2.24) is 0 Å². The molecule has 2 aromatic rings. The van der Waals surface area contributed by atoms with Gasteiger partial charge in [0.1, 0.15) is 5.75 Å². The van der Waals surface area contributed by atoms with Crippen molar-refractivity contribution < 1.29 is 28.8 Å². The van der Waals surface area contributed by atoms with Gasteiger partial charge in [-0.2, -0.15) is 0 Å². The molecule has 2 rings (SSSR count). The fourth-order valence-corrected chi connectivity index (χ4v) is 3.03. The van der Waals surface area contributed by atoms with Gasteiger partial charge >= 0.3 is 5.97 Å². The Hall–Kier alpha value is -2.86. The first kappa shape index (κ1) is 25.4. The van der Waals surface area contributed by atoms with E-state index in [0.717, 1.165) is 24.0 Å². The lowest BCUT2D eigenvalue weighted by molar-refractivity contribution is -0.142. The molecular formula is C25H31ClO6. The number of ether oxygens (including phenoxy) is 4. The Labute approximate surface area is 194 Å². The molecule has 0 unspecified atom stereocenters. The molecule has 0 atom stereocenters. The van der Waals surface area contributed by atoms with Gasteiger partial charge in [-0.3, -0.25) is 0 Å². The lowest BCUT2D eigenvalue weighted by Gasteiger charge is -2.14. The van der Waals surface area contributed by atoms with Crippen molar-refractivity contribution in [3.05, 3.63) is 58.3 Å². The number of unbranched alkanes of at least 4 members (excludes halogenated alkanes) is 1. The Morgan fingerprint density at radius 3 is 2.41 bits per heavy atom. The minimum absolute atomic E-state index is 0.0563. The minimum atomic E-state index is -0.504. The van der Waals surface area contributed by atoms with Crippen LogP contribution in [0, 0.1) is 0 Å². The Kier molecular flexibility index (Phi) is 10.7. The summed E-state index contributed by atoms with van der Waals surface area (Å²) in [5.41, 5.74) is 1.70. The van der Waals surface area contributed by atoms with Gasteiger partial charge < -0.3 is 24.1 Å². The molecule has 0 saturated carbocycles. The first-order chi connectivity index (χ1) is 15.5. The van der Waals surface area contributed by atoms with Crippen molar-refractivity contribution in [2.24, 2.45) is 0 Å². The highest BCUT2D eigenvalue weighted by molar-refractivity contribution is 6.32. The molecule has 0 aromatic heterocycles. The van der Waals surface area contributed by atoms with Crippen molar-refractivity contribution in [2.75, 3.05) is 26.4 Å². The van der Waals surface area contributed by atoms with Crippen LogP contribution in [0.4, 0.5) is 0 Å². The van der Waals surface area contributed by atoms with E-state index in [0.29, 0.717) is 42.8 Å². The van der Waals surface area contributed by atoms with Gasteiger partial charge in [-0.05, 0) is 61.7 Å². The van der Waals surface area contributed by atoms with Crippen LogP contribution >= 0.6 is 11.6 Å². The predicted octanol–water partition coefficient (Wildman–Crippen LogP) is 5.79. The van der Waals surface area contributed by atoms with Crippen LogP contribution in [0.25, 0.3) is 6.08 Å². The first-order valence-corrected chi connectivity index (χ1v) is 11.2. The van der Waals surface area contributed by atoms with E-state index in [2.05, 4.69) is 6.92 Å². The van der Waals surface area contributed by atoms with Gasteiger partial charge in [-0.1, -0.05) is 37.1 Å². The van der Waals surface area contributed by atoms with Crippen molar-refractivity contribution in [3.63, 3.8) is 0 Å². The SMILES string of the molecule is CCCCOc1cc(/C=C(\OCC)C(=O)OCC)ccc1OCCc1ccc(O)c(Cl)c1. The molecule has 0 spiro atoms. The molecule has 6 nitrogen and oxygen atoms in total. The van der Waals surface area contributed by atoms with Gasteiger partial charge in [0.15, 0.2) is 11.5 Å². The number of carbonyl (C=O) groups excluding carboxylic acids is 1. The highest BCUT2D eigenvalue weighted by Gasteiger charge is 2.13. The molecule has 0 radical (unpaired) electrons. The number of phenols is 1. The van der Waals surface area contributed by atoms with E-state index in [1.165, 1.54) is 0 Å². The molecule has 0 fully saturated rings. The average molecular weight is 463 g/mol. The number of hydrogen-bond acceptors (Lipinski definition) is 6. The smallest absolute Gasteiger partial charge is 0.373 e. The Balaban J connectivity index is 2.17. The molecule has 0 aliphatic carbocycles. The number of benzene rings is 2. The van der Waals surface area contributed by atoms with Crippen LogP contribution in [0.2, 0.25) is 5.02 Å².